The van der Waals surface area contributed by atoms with Gasteiger partial charge >= 0.3 is 0 Å². The maximum atomic E-state index is 14.3. The number of piperidine rings is 1. The zero-order valence-electron chi connectivity index (χ0n) is 10.4. The number of halogens is 2. The number of nitrogens with zero attached hydrogens (tertiary/aromatic N) is 3. The van der Waals surface area contributed by atoms with E-state index in [4.69, 9.17) is 4.74 Å². The summed E-state index contributed by atoms with van der Waals surface area (Å²) < 4.78 is 22.5. The van der Waals surface area contributed by atoms with Crippen LogP contribution in [0.15, 0.2) is 6.20 Å². The first kappa shape index (κ1) is 12.8. The summed E-state index contributed by atoms with van der Waals surface area (Å²) in [4.78, 5) is 2.22. The molecule has 1 aromatic rings. The van der Waals surface area contributed by atoms with Crippen molar-refractivity contribution in [3.8, 4) is 0 Å². The summed E-state index contributed by atoms with van der Waals surface area (Å²) in [6.45, 7) is 4.98. The van der Waals surface area contributed by atoms with E-state index in [2.05, 4.69) is 32.6 Å². The molecular weight excluding hydrogens is 348 g/mol. The summed E-state index contributed by atoms with van der Waals surface area (Å²) in [5.41, 5.74) is 1.07. The van der Waals surface area contributed by atoms with Crippen LogP contribution in [0.3, 0.4) is 0 Å². The second-order valence-electron chi connectivity index (χ2n) is 5.08. The Morgan fingerprint density at radius 3 is 2.78 bits per heavy atom. The third-order valence-electron chi connectivity index (χ3n) is 3.97. The van der Waals surface area contributed by atoms with E-state index in [9.17, 15) is 4.39 Å². The van der Waals surface area contributed by atoms with Gasteiger partial charge in [0.25, 0.3) is 0 Å². The topological polar surface area (TPSA) is 30.3 Å². The molecule has 2 saturated heterocycles. The smallest absolute Gasteiger partial charge is 0.135 e. The summed E-state index contributed by atoms with van der Waals surface area (Å²) in [5, 5.41) is 4.32. The van der Waals surface area contributed by atoms with Crippen LogP contribution in [0.4, 0.5) is 4.39 Å². The zero-order chi connectivity index (χ0) is 12.7. The van der Waals surface area contributed by atoms with Crippen LogP contribution in [0.1, 0.15) is 18.2 Å². The lowest BCUT2D eigenvalue weighted by Gasteiger charge is -2.42. The predicted molar refractivity (Wildman–Crippen MR) is 74.4 cm³/mol. The predicted octanol–water partition coefficient (Wildman–Crippen LogP) is 1.78. The number of hydrogen-bond donors (Lipinski definition) is 0. The van der Waals surface area contributed by atoms with E-state index < -0.39 is 6.17 Å². The van der Waals surface area contributed by atoms with E-state index in [1.54, 1.807) is 0 Å². The molecule has 0 aromatic carbocycles. The van der Waals surface area contributed by atoms with E-state index in [1.165, 1.54) is 0 Å². The normalized spacial score (nSPS) is 30.4. The van der Waals surface area contributed by atoms with Crippen LogP contribution in [0, 0.1) is 10.5 Å². The number of ether oxygens (including phenoxy) is 1. The first-order valence-corrected chi connectivity index (χ1v) is 7.40. The van der Waals surface area contributed by atoms with Gasteiger partial charge in [0.15, 0.2) is 0 Å². The summed E-state index contributed by atoms with van der Waals surface area (Å²) in [6.07, 6.45) is 1.80. The molecule has 2 aliphatic rings. The van der Waals surface area contributed by atoms with Crippen LogP contribution in [0.25, 0.3) is 0 Å². The third kappa shape index (κ3) is 2.18. The Labute approximate surface area is 120 Å². The molecule has 2 aliphatic heterocycles. The maximum absolute atomic E-state index is 14.3. The largest absolute Gasteiger partial charge is 0.378 e. The van der Waals surface area contributed by atoms with Crippen molar-refractivity contribution >= 4 is 22.6 Å². The van der Waals surface area contributed by atoms with Gasteiger partial charge in [-0.05, 0) is 35.9 Å². The first-order valence-electron chi connectivity index (χ1n) is 6.32. The molecule has 0 radical (unpaired) electrons. The Morgan fingerprint density at radius 2 is 2.28 bits per heavy atom. The molecule has 2 atom stereocenters. The van der Waals surface area contributed by atoms with E-state index >= 15 is 0 Å². The lowest BCUT2D eigenvalue weighted by molar-refractivity contribution is -0.0848. The molecule has 100 valence electrons. The van der Waals surface area contributed by atoms with Crippen LogP contribution in [-0.4, -0.2) is 53.2 Å². The van der Waals surface area contributed by atoms with Crippen LogP contribution in [0.5, 0.6) is 0 Å². The lowest BCUT2D eigenvalue weighted by Crippen LogP contribution is -2.55. The number of aromatic nitrogens is 2. The summed E-state index contributed by atoms with van der Waals surface area (Å²) in [6, 6.07) is 0.328. The molecule has 18 heavy (non-hydrogen) atoms. The van der Waals surface area contributed by atoms with Crippen LogP contribution >= 0.6 is 22.6 Å². The number of alkyl halides is 1. The Balaban J connectivity index is 1.70. The Morgan fingerprint density at radius 1 is 1.50 bits per heavy atom. The lowest BCUT2D eigenvalue weighted by atomic mass is 10.0. The van der Waals surface area contributed by atoms with Gasteiger partial charge in [-0.3, -0.25) is 9.58 Å². The summed E-state index contributed by atoms with van der Waals surface area (Å²) in [5.74, 6) is 0. The zero-order valence-corrected chi connectivity index (χ0v) is 12.5. The van der Waals surface area contributed by atoms with Crippen LogP contribution < -0.4 is 0 Å². The van der Waals surface area contributed by atoms with E-state index in [-0.39, 0.29) is 6.04 Å². The fourth-order valence-electron chi connectivity index (χ4n) is 2.69. The van der Waals surface area contributed by atoms with Gasteiger partial charge in [-0.15, -0.1) is 0 Å². The highest BCUT2D eigenvalue weighted by atomic mass is 127. The molecular formula is C12H17FIN3O. The standard InChI is InChI=1S/C12H17FIN3O/c1-8-11(14)4-15-17(8)12-2-3-16(5-10(12)13)9-6-18-7-9/h4,9-10,12H,2-3,5-7H2,1H3/t10-,12+/m0/s1. The SMILES string of the molecule is Cc1c(I)cnn1[C@@H]1CCN(C2COC2)C[C@@H]1F. The number of likely N-dealkylation sites (tertiary alicyclic amines) is 1. The third-order valence-corrected chi connectivity index (χ3v) is 5.03. The molecule has 0 spiro atoms. The van der Waals surface area contributed by atoms with Crippen molar-refractivity contribution < 1.29 is 9.13 Å². The maximum Gasteiger partial charge on any atom is 0.135 e. The van der Waals surface area contributed by atoms with Crippen molar-refractivity contribution in [1.82, 2.24) is 14.7 Å². The first-order chi connectivity index (χ1) is 8.66. The molecule has 0 amide bonds. The van der Waals surface area contributed by atoms with Crippen LogP contribution in [-0.2, 0) is 4.74 Å². The van der Waals surface area contributed by atoms with Crippen molar-refractivity contribution in [2.24, 2.45) is 0 Å². The van der Waals surface area contributed by atoms with Gasteiger partial charge in [0.05, 0.1) is 35.1 Å². The minimum Gasteiger partial charge on any atom is -0.378 e. The van der Waals surface area contributed by atoms with Crippen molar-refractivity contribution in [2.45, 2.75) is 31.6 Å². The highest BCUT2D eigenvalue weighted by Gasteiger charge is 2.36. The van der Waals surface area contributed by atoms with Crippen molar-refractivity contribution in [3.63, 3.8) is 0 Å². The van der Waals surface area contributed by atoms with Gasteiger partial charge in [-0.2, -0.15) is 5.10 Å². The number of hydrogen-bond acceptors (Lipinski definition) is 3. The molecule has 6 heteroatoms. The quantitative estimate of drug-likeness (QED) is 0.749. The van der Waals surface area contributed by atoms with Gasteiger partial charge in [0.1, 0.15) is 6.17 Å². The highest BCUT2D eigenvalue weighted by molar-refractivity contribution is 14.1. The van der Waals surface area contributed by atoms with Crippen molar-refractivity contribution in [2.75, 3.05) is 26.3 Å². The average Bonchev–Trinajstić information content (AvgIpc) is 2.58. The molecule has 3 rings (SSSR count). The van der Waals surface area contributed by atoms with Crippen LogP contribution in [0.2, 0.25) is 0 Å². The molecule has 0 unspecified atom stereocenters. The molecule has 0 N–H and O–H groups in total. The Bertz CT molecular complexity index is 435. The van der Waals surface area contributed by atoms with Gasteiger partial charge < -0.3 is 4.74 Å². The molecule has 0 saturated carbocycles. The van der Waals surface area contributed by atoms with Crippen molar-refractivity contribution in [1.29, 1.82) is 0 Å². The molecule has 1 aromatic heterocycles. The highest BCUT2D eigenvalue weighted by Crippen LogP contribution is 2.29. The van der Waals surface area contributed by atoms with Gasteiger partial charge in [0.2, 0.25) is 0 Å². The summed E-state index contributed by atoms with van der Waals surface area (Å²) in [7, 11) is 0. The summed E-state index contributed by atoms with van der Waals surface area (Å²) >= 11 is 2.25. The fraction of sp³-hybridized carbons (Fsp3) is 0.750. The van der Waals surface area contributed by atoms with Gasteiger partial charge in [-0.25, -0.2) is 4.39 Å². The van der Waals surface area contributed by atoms with Crippen molar-refractivity contribution in [3.05, 3.63) is 15.5 Å². The average molecular weight is 365 g/mol. The minimum absolute atomic E-state index is 0.106. The second kappa shape index (κ2) is 5.05. The second-order valence-corrected chi connectivity index (χ2v) is 6.24. The Kier molecular flexibility index (Phi) is 3.59. The fourth-order valence-corrected chi connectivity index (χ4v) is 3.07. The van der Waals surface area contributed by atoms with Gasteiger partial charge in [-0.1, -0.05) is 0 Å². The van der Waals surface area contributed by atoms with E-state index in [0.29, 0.717) is 12.6 Å². The molecule has 0 aliphatic carbocycles. The molecule has 0 bridgehead atoms. The molecule has 4 nitrogen and oxygen atoms in total. The molecule has 2 fully saturated rings. The van der Waals surface area contributed by atoms with E-state index in [0.717, 1.165) is 35.4 Å². The van der Waals surface area contributed by atoms with E-state index in [1.807, 2.05) is 17.8 Å². The Hall–Kier alpha value is -0.210. The number of rotatable bonds is 2. The van der Waals surface area contributed by atoms with Gasteiger partial charge in [0, 0.05) is 18.8 Å². The minimum atomic E-state index is -0.839. The molecule has 3 heterocycles. The monoisotopic (exact) mass is 365 g/mol.